The van der Waals surface area contributed by atoms with E-state index in [1.807, 2.05) is 0 Å². The van der Waals surface area contributed by atoms with Crippen LogP contribution in [0.3, 0.4) is 0 Å². The van der Waals surface area contributed by atoms with Gasteiger partial charge in [-0.2, -0.15) is 9.97 Å². The molecule has 224 valence electrons. The minimum atomic E-state index is -0.937. The number of hydrogen-bond acceptors (Lipinski definition) is 8. The van der Waals surface area contributed by atoms with Gasteiger partial charge in [-0.25, -0.2) is 13.2 Å². The molecule has 2 aromatic carbocycles. The number of phenols is 1. The minimum Gasteiger partial charge on any atom is -0.508 e. The molecule has 0 aliphatic carbocycles. The number of β-lactam (4-membered cyclic amide) rings is 1. The second kappa shape index (κ2) is 10.5. The molecule has 2 aromatic heterocycles. The third-order valence-electron chi connectivity index (χ3n) is 9.07. The van der Waals surface area contributed by atoms with Crippen LogP contribution in [0.2, 0.25) is 0 Å². The molecule has 0 spiro atoms. The van der Waals surface area contributed by atoms with Crippen molar-refractivity contribution in [2.45, 2.75) is 44.3 Å². The number of amides is 1. The number of nitrogens with zero attached hydrogens (tertiary/aromatic N) is 4. The Morgan fingerprint density at radius 1 is 1.26 bits per heavy atom. The first-order chi connectivity index (χ1) is 20.8. The summed E-state index contributed by atoms with van der Waals surface area (Å²) in [7, 11) is 0. The summed E-state index contributed by atoms with van der Waals surface area (Å²) in [6.07, 6.45) is 2.90. The van der Waals surface area contributed by atoms with Crippen molar-refractivity contribution in [2.75, 3.05) is 38.1 Å². The summed E-state index contributed by atoms with van der Waals surface area (Å²) >= 11 is 0. The monoisotopic (exact) mass is 592 g/mol. The Morgan fingerprint density at radius 2 is 2.12 bits per heavy atom. The van der Waals surface area contributed by atoms with Gasteiger partial charge in [0.25, 0.3) is 0 Å². The normalized spacial score (nSPS) is 23.4. The predicted molar refractivity (Wildman–Crippen MR) is 155 cm³/mol. The number of carbonyl (C=O) groups is 1. The van der Waals surface area contributed by atoms with E-state index >= 15 is 4.39 Å². The molecule has 12 heteroatoms. The first kappa shape index (κ1) is 27.6. The second-order valence-electron chi connectivity index (χ2n) is 11.7. The summed E-state index contributed by atoms with van der Waals surface area (Å²) in [5.74, 6) is -1.46. The van der Waals surface area contributed by atoms with Crippen molar-refractivity contribution in [3.8, 4) is 23.0 Å². The Balaban J connectivity index is 1.33. The summed E-state index contributed by atoms with van der Waals surface area (Å²) in [6, 6.07) is 5.64. The molecule has 0 radical (unpaired) electrons. The maximum absolute atomic E-state index is 16.5. The maximum Gasteiger partial charge on any atom is 0.319 e. The molecular formula is C31H31F3N6O3. The van der Waals surface area contributed by atoms with E-state index in [2.05, 4.69) is 30.5 Å². The largest absolute Gasteiger partial charge is 0.508 e. The minimum absolute atomic E-state index is 0.0860. The fourth-order valence-corrected chi connectivity index (χ4v) is 6.82. The third kappa shape index (κ3) is 4.68. The van der Waals surface area contributed by atoms with E-state index in [-0.39, 0.29) is 64.7 Å². The van der Waals surface area contributed by atoms with Crippen LogP contribution in [-0.4, -0.2) is 75.4 Å². The molecule has 3 saturated heterocycles. The summed E-state index contributed by atoms with van der Waals surface area (Å²) in [5.41, 5.74) is -0.0488. The van der Waals surface area contributed by atoms with Gasteiger partial charge in [-0.05, 0) is 60.3 Å². The van der Waals surface area contributed by atoms with Crippen LogP contribution in [0, 0.1) is 17.6 Å². The molecule has 7 rings (SSSR count). The molecule has 3 atom stereocenters. The molecule has 9 nitrogen and oxygen atoms in total. The van der Waals surface area contributed by atoms with Crippen molar-refractivity contribution < 1.29 is 27.8 Å². The van der Waals surface area contributed by atoms with Gasteiger partial charge in [-0.3, -0.25) is 14.7 Å². The molecular weight excluding hydrogens is 561 g/mol. The SMILES string of the molecule is CCc1c(F)ccc2cc(O)cc(-c3ncc4c(NCC5CNC5=O)nc(OC[C@@]56CCCN5C[C@H](F)C6)nc4c3F)c12. The molecule has 3 aliphatic rings. The number of alkyl halides is 1. The number of anilines is 1. The van der Waals surface area contributed by atoms with Gasteiger partial charge in [0.2, 0.25) is 5.91 Å². The number of aromatic hydroxyl groups is 1. The maximum atomic E-state index is 16.5. The number of hydrogen-bond donors (Lipinski definition) is 3. The Labute approximate surface area is 245 Å². The van der Waals surface area contributed by atoms with Crippen LogP contribution < -0.4 is 15.4 Å². The molecule has 1 unspecified atom stereocenters. The molecule has 1 amide bonds. The third-order valence-corrected chi connectivity index (χ3v) is 9.07. The first-order valence-electron chi connectivity index (χ1n) is 14.6. The number of halogens is 3. The molecule has 43 heavy (non-hydrogen) atoms. The van der Waals surface area contributed by atoms with Crippen LogP contribution in [-0.2, 0) is 11.2 Å². The number of fused-ring (bicyclic) bond motifs is 3. The number of carbonyl (C=O) groups excluding carboxylic acids is 1. The van der Waals surface area contributed by atoms with Crippen LogP contribution >= 0.6 is 0 Å². The Bertz CT molecular complexity index is 1770. The zero-order valence-electron chi connectivity index (χ0n) is 23.6. The van der Waals surface area contributed by atoms with Crippen LogP contribution in [0.15, 0.2) is 30.5 Å². The van der Waals surface area contributed by atoms with Crippen LogP contribution in [0.1, 0.15) is 31.7 Å². The number of benzene rings is 2. The standard InChI is InChI=1S/C31H31F3N6O3/c1-2-20-23(33)5-4-16-8-19(41)9-21(24(16)20)26-25(34)27-22(13-35-26)28(36-11-17-12-37-29(17)42)39-30(38-27)43-15-31-6-3-7-40(31)14-18(32)10-31/h4-5,8-9,13,17-18,41H,2-3,6-7,10-12,14-15H2,1H3,(H,37,42)(H,36,38,39)/t17?,18-,31+/m1/s1. The molecule has 0 saturated carbocycles. The lowest BCUT2D eigenvalue weighted by atomic mass is 9.94. The average molecular weight is 593 g/mol. The number of phenolic OH excluding ortho intramolecular Hbond substituents is 1. The second-order valence-corrected chi connectivity index (χ2v) is 11.7. The molecule has 3 N–H and O–H groups in total. The van der Waals surface area contributed by atoms with E-state index in [9.17, 15) is 18.7 Å². The van der Waals surface area contributed by atoms with E-state index < -0.39 is 23.3 Å². The molecule has 4 aromatic rings. The summed E-state index contributed by atoms with van der Waals surface area (Å²) in [6.45, 7) is 3.88. The number of aromatic nitrogens is 3. The first-order valence-corrected chi connectivity index (χ1v) is 14.6. The number of aryl methyl sites for hydroxylation is 1. The lowest BCUT2D eigenvalue weighted by molar-refractivity contribution is -0.130. The molecule has 0 bridgehead atoms. The number of rotatable bonds is 8. The lowest BCUT2D eigenvalue weighted by Crippen LogP contribution is -2.51. The Morgan fingerprint density at radius 3 is 2.88 bits per heavy atom. The predicted octanol–water partition coefficient (Wildman–Crippen LogP) is 4.50. The topological polar surface area (TPSA) is 112 Å². The van der Waals surface area contributed by atoms with Gasteiger partial charge in [0.15, 0.2) is 5.82 Å². The molecule has 5 heterocycles. The Kier molecular flexibility index (Phi) is 6.76. The van der Waals surface area contributed by atoms with Gasteiger partial charge < -0.3 is 20.5 Å². The van der Waals surface area contributed by atoms with Crippen LogP contribution in [0.5, 0.6) is 11.8 Å². The van der Waals surface area contributed by atoms with Gasteiger partial charge >= 0.3 is 6.01 Å². The van der Waals surface area contributed by atoms with Gasteiger partial charge in [-0.1, -0.05) is 13.0 Å². The van der Waals surface area contributed by atoms with Gasteiger partial charge in [0, 0.05) is 37.8 Å². The smallest absolute Gasteiger partial charge is 0.319 e. The highest BCUT2D eigenvalue weighted by atomic mass is 19.1. The van der Waals surface area contributed by atoms with E-state index in [4.69, 9.17) is 4.74 Å². The van der Waals surface area contributed by atoms with Crippen LogP contribution in [0.4, 0.5) is 19.0 Å². The highest BCUT2D eigenvalue weighted by molar-refractivity contribution is 6.01. The highest BCUT2D eigenvalue weighted by Gasteiger charge is 2.49. The zero-order valence-corrected chi connectivity index (χ0v) is 23.6. The number of pyridine rings is 1. The number of nitrogens with one attached hydrogen (secondary N) is 2. The van der Waals surface area contributed by atoms with Crippen molar-refractivity contribution in [1.29, 1.82) is 0 Å². The lowest BCUT2D eigenvalue weighted by Gasteiger charge is -2.31. The van der Waals surface area contributed by atoms with Gasteiger partial charge in [0.05, 0.1) is 16.8 Å². The van der Waals surface area contributed by atoms with Crippen molar-refractivity contribution in [1.82, 2.24) is 25.2 Å². The van der Waals surface area contributed by atoms with Crippen molar-refractivity contribution in [2.24, 2.45) is 5.92 Å². The van der Waals surface area contributed by atoms with E-state index in [0.717, 1.165) is 19.4 Å². The summed E-state index contributed by atoms with van der Waals surface area (Å²) in [4.78, 5) is 27.3. The van der Waals surface area contributed by atoms with Gasteiger partial charge in [-0.15, -0.1) is 0 Å². The van der Waals surface area contributed by atoms with E-state index in [0.29, 0.717) is 42.3 Å². The molecule has 3 aliphatic heterocycles. The molecule has 3 fully saturated rings. The van der Waals surface area contributed by atoms with Crippen molar-refractivity contribution in [3.63, 3.8) is 0 Å². The quantitative estimate of drug-likeness (QED) is 0.257. The average Bonchev–Trinajstić information content (AvgIpc) is 3.51. The van der Waals surface area contributed by atoms with Crippen LogP contribution in [0.25, 0.3) is 32.9 Å². The highest BCUT2D eigenvalue weighted by Crippen LogP contribution is 2.41. The van der Waals surface area contributed by atoms with Crippen molar-refractivity contribution in [3.05, 3.63) is 47.7 Å². The number of ether oxygens (including phenoxy) is 1. The van der Waals surface area contributed by atoms with Crippen molar-refractivity contribution >= 4 is 33.4 Å². The Hall–Kier alpha value is -4.19. The van der Waals surface area contributed by atoms with E-state index in [1.165, 1.54) is 30.5 Å². The fraction of sp³-hybridized carbons (Fsp3) is 0.419. The van der Waals surface area contributed by atoms with E-state index in [1.54, 1.807) is 6.92 Å². The fourth-order valence-electron chi connectivity index (χ4n) is 6.82. The van der Waals surface area contributed by atoms with Gasteiger partial charge in [0.1, 0.15) is 41.4 Å². The summed E-state index contributed by atoms with van der Waals surface area (Å²) < 4.78 is 51.8. The zero-order chi connectivity index (χ0) is 29.9. The summed E-state index contributed by atoms with van der Waals surface area (Å²) in [5, 5.41) is 17.6.